The lowest BCUT2D eigenvalue weighted by Gasteiger charge is -2.35. The van der Waals surface area contributed by atoms with Gasteiger partial charge in [-0.1, -0.05) is 0 Å². The van der Waals surface area contributed by atoms with Gasteiger partial charge in [0, 0.05) is 39.3 Å². The first-order valence-corrected chi connectivity index (χ1v) is 11.1. The molecule has 0 atom stereocenters. The van der Waals surface area contributed by atoms with Crippen LogP contribution >= 0.6 is 0 Å². The van der Waals surface area contributed by atoms with Crippen LogP contribution in [0, 0.1) is 6.92 Å². The number of aryl methyl sites for hydroxylation is 1. The van der Waals surface area contributed by atoms with Gasteiger partial charge in [0.1, 0.15) is 28.5 Å². The van der Waals surface area contributed by atoms with Crippen molar-refractivity contribution in [1.29, 1.82) is 0 Å². The SMILES string of the molecule is COc1ccc(N2CCN(CCn3c(=O)cnc4c(-c5ccc(C)o5)nc(N)nc43)CC2)nc1. The number of anilines is 2. The molecule has 5 rings (SSSR count). The Bertz CT molecular complexity index is 1360. The minimum absolute atomic E-state index is 0.0679. The maximum atomic E-state index is 12.7. The van der Waals surface area contributed by atoms with Crippen LogP contribution in [-0.2, 0) is 6.54 Å². The minimum Gasteiger partial charge on any atom is -0.495 e. The van der Waals surface area contributed by atoms with Gasteiger partial charge in [-0.25, -0.2) is 15.0 Å². The highest BCUT2D eigenvalue weighted by molar-refractivity contribution is 5.86. The fourth-order valence-electron chi connectivity index (χ4n) is 4.13. The van der Waals surface area contributed by atoms with E-state index in [4.69, 9.17) is 14.9 Å². The predicted octanol–water partition coefficient (Wildman–Crippen LogP) is 1.56. The third kappa shape index (κ3) is 4.29. The van der Waals surface area contributed by atoms with Gasteiger partial charge in [0.25, 0.3) is 5.56 Å². The van der Waals surface area contributed by atoms with Crippen LogP contribution in [-0.4, -0.2) is 69.2 Å². The molecule has 0 aliphatic carbocycles. The van der Waals surface area contributed by atoms with Gasteiger partial charge in [-0.2, -0.15) is 4.98 Å². The highest BCUT2D eigenvalue weighted by atomic mass is 16.5. The predicted molar refractivity (Wildman–Crippen MR) is 128 cm³/mol. The van der Waals surface area contributed by atoms with E-state index in [1.165, 1.54) is 6.20 Å². The number of rotatable bonds is 6. The number of piperazine rings is 1. The maximum Gasteiger partial charge on any atom is 0.270 e. The molecule has 1 saturated heterocycles. The number of ether oxygens (including phenoxy) is 1. The minimum atomic E-state index is -0.228. The molecule has 4 aromatic heterocycles. The number of furan rings is 1. The summed E-state index contributed by atoms with van der Waals surface area (Å²) >= 11 is 0. The van der Waals surface area contributed by atoms with Crippen LogP contribution in [0.3, 0.4) is 0 Å². The van der Waals surface area contributed by atoms with Crippen molar-refractivity contribution in [2.24, 2.45) is 0 Å². The Morgan fingerprint density at radius 3 is 2.53 bits per heavy atom. The quantitative estimate of drug-likeness (QED) is 0.451. The van der Waals surface area contributed by atoms with Crippen LogP contribution in [0.15, 0.2) is 45.9 Å². The first kappa shape index (κ1) is 21.8. The lowest BCUT2D eigenvalue weighted by atomic mass is 10.2. The lowest BCUT2D eigenvalue weighted by Crippen LogP contribution is -2.47. The van der Waals surface area contributed by atoms with Crippen molar-refractivity contribution in [1.82, 2.24) is 29.4 Å². The van der Waals surface area contributed by atoms with Gasteiger partial charge >= 0.3 is 0 Å². The summed E-state index contributed by atoms with van der Waals surface area (Å²) in [7, 11) is 1.63. The van der Waals surface area contributed by atoms with Crippen molar-refractivity contribution < 1.29 is 9.15 Å². The van der Waals surface area contributed by atoms with E-state index in [0.29, 0.717) is 35.7 Å². The third-order valence-electron chi connectivity index (χ3n) is 5.98. The molecule has 5 heterocycles. The second-order valence-corrected chi connectivity index (χ2v) is 8.15. The first-order chi connectivity index (χ1) is 16.5. The van der Waals surface area contributed by atoms with Crippen molar-refractivity contribution in [2.45, 2.75) is 13.5 Å². The molecule has 34 heavy (non-hydrogen) atoms. The van der Waals surface area contributed by atoms with Crippen molar-refractivity contribution in [3.8, 4) is 17.2 Å². The fourth-order valence-corrected chi connectivity index (χ4v) is 4.13. The van der Waals surface area contributed by atoms with Gasteiger partial charge in [0.05, 0.1) is 19.5 Å². The summed E-state index contributed by atoms with van der Waals surface area (Å²) in [6, 6.07) is 7.54. The van der Waals surface area contributed by atoms with E-state index >= 15 is 0 Å². The topological polar surface area (TPSA) is 128 Å². The van der Waals surface area contributed by atoms with Gasteiger partial charge in [-0.3, -0.25) is 14.3 Å². The van der Waals surface area contributed by atoms with Crippen LogP contribution in [0.4, 0.5) is 11.8 Å². The summed E-state index contributed by atoms with van der Waals surface area (Å²) in [5.74, 6) is 3.03. The average molecular weight is 463 g/mol. The number of methoxy groups -OCH3 is 1. The van der Waals surface area contributed by atoms with E-state index in [1.54, 1.807) is 17.9 Å². The molecular weight excluding hydrogens is 436 g/mol. The molecule has 4 aromatic rings. The summed E-state index contributed by atoms with van der Waals surface area (Å²) in [6.45, 7) is 6.43. The van der Waals surface area contributed by atoms with Crippen LogP contribution in [0.1, 0.15) is 5.76 Å². The Morgan fingerprint density at radius 2 is 1.85 bits per heavy atom. The van der Waals surface area contributed by atoms with Gasteiger partial charge in [0.15, 0.2) is 11.4 Å². The molecule has 0 amide bonds. The molecule has 0 saturated carbocycles. The largest absolute Gasteiger partial charge is 0.495 e. The van der Waals surface area contributed by atoms with E-state index in [0.717, 1.165) is 43.5 Å². The monoisotopic (exact) mass is 462 g/mol. The number of hydrogen-bond acceptors (Lipinski definition) is 10. The maximum absolute atomic E-state index is 12.7. The Balaban J connectivity index is 1.32. The van der Waals surface area contributed by atoms with E-state index < -0.39 is 0 Å². The number of hydrogen-bond donors (Lipinski definition) is 1. The van der Waals surface area contributed by atoms with Crippen LogP contribution in [0.2, 0.25) is 0 Å². The van der Waals surface area contributed by atoms with Gasteiger partial charge in [0.2, 0.25) is 5.95 Å². The third-order valence-corrected chi connectivity index (χ3v) is 5.98. The highest BCUT2D eigenvalue weighted by Gasteiger charge is 2.20. The van der Waals surface area contributed by atoms with E-state index in [9.17, 15) is 4.79 Å². The molecule has 2 N–H and O–H groups in total. The molecule has 1 aliphatic rings. The summed E-state index contributed by atoms with van der Waals surface area (Å²) < 4.78 is 12.5. The van der Waals surface area contributed by atoms with Crippen molar-refractivity contribution >= 4 is 22.9 Å². The Morgan fingerprint density at radius 1 is 1.03 bits per heavy atom. The van der Waals surface area contributed by atoms with E-state index in [1.807, 2.05) is 31.2 Å². The molecule has 11 heteroatoms. The molecular formula is C23H26N8O3. The van der Waals surface area contributed by atoms with Crippen molar-refractivity contribution in [2.75, 3.05) is 50.5 Å². The Hall–Kier alpha value is -3.99. The number of nitrogen functional groups attached to an aromatic ring is 1. The van der Waals surface area contributed by atoms with Crippen LogP contribution in [0.5, 0.6) is 5.75 Å². The molecule has 0 spiro atoms. The molecule has 0 aromatic carbocycles. The van der Waals surface area contributed by atoms with Crippen LogP contribution in [0.25, 0.3) is 22.6 Å². The molecule has 1 aliphatic heterocycles. The number of fused-ring (bicyclic) bond motifs is 1. The standard InChI is InChI=1S/C23H26N8O3/c1-15-3-5-17(34-15)20-21-22(28-23(24)27-20)31(19(32)14-26-21)12-9-29-7-10-30(11-8-29)18-6-4-16(33-2)13-25-18/h3-6,13-14H,7-12H2,1-2H3,(H2,24,27,28). The highest BCUT2D eigenvalue weighted by Crippen LogP contribution is 2.26. The zero-order chi connectivity index (χ0) is 23.7. The number of nitrogens with two attached hydrogens (primary N) is 1. The zero-order valence-electron chi connectivity index (χ0n) is 19.1. The number of aromatic nitrogens is 5. The molecule has 11 nitrogen and oxygen atoms in total. The van der Waals surface area contributed by atoms with Crippen LogP contribution < -0.4 is 20.9 Å². The molecule has 176 valence electrons. The fraction of sp³-hybridized carbons (Fsp3) is 0.348. The van der Waals surface area contributed by atoms with E-state index in [-0.39, 0.29) is 11.5 Å². The second kappa shape index (κ2) is 9.10. The lowest BCUT2D eigenvalue weighted by molar-refractivity contribution is 0.247. The number of nitrogens with zero attached hydrogens (tertiary/aromatic N) is 7. The van der Waals surface area contributed by atoms with Crippen molar-refractivity contribution in [3.05, 3.63) is 52.8 Å². The van der Waals surface area contributed by atoms with Crippen molar-refractivity contribution in [3.63, 3.8) is 0 Å². The van der Waals surface area contributed by atoms with E-state index in [2.05, 4.69) is 29.7 Å². The first-order valence-electron chi connectivity index (χ1n) is 11.1. The normalized spacial score (nSPS) is 14.6. The molecule has 1 fully saturated rings. The second-order valence-electron chi connectivity index (χ2n) is 8.15. The van der Waals surface area contributed by atoms with Gasteiger partial charge in [-0.15, -0.1) is 0 Å². The van der Waals surface area contributed by atoms with Gasteiger partial charge in [-0.05, 0) is 31.2 Å². The van der Waals surface area contributed by atoms with Gasteiger partial charge < -0.3 is 19.8 Å². The number of pyridine rings is 1. The average Bonchev–Trinajstić information content (AvgIpc) is 3.29. The zero-order valence-corrected chi connectivity index (χ0v) is 19.1. The summed E-state index contributed by atoms with van der Waals surface area (Å²) in [6.07, 6.45) is 3.03. The summed E-state index contributed by atoms with van der Waals surface area (Å²) in [5.41, 5.74) is 7.12. The molecule has 0 bridgehead atoms. The molecule has 0 unspecified atom stereocenters. The molecule has 0 radical (unpaired) electrons. The smallest absolute Gasteiger partial charge is 0.270 e. The summed E-state index contributed by atoms with van der Waals surface area (Å²) in [5, 5.41) is 0. The Labute approximate surface area is 195 Å². The Kier molecular flexibility index (Phi) is 5.84. The summed E-state index contributed by atoms with van der Waals surface area (Å²) in [4.78, 5) is 34.7.